The van der Waals surface area contributed by atoms with E-state index in [-0.39, 0.29) is 12.0 Å². The summed E-state index contributed by atoms with van der Waals surface area (Å²) >= 11 is 9.15. The fraction of sp³-hybridized carbons (Fsp3) is 0.409. The molecule has 4 rings (SSSR count). The lowest BCUT2D eigenvalue weighted by atomic mass is 10.1. The number of epoxide rings is 1. The van der Waals surface area contributed by atoms with E-state index in [1.165, 1.54) is 6.42 Å². The summed E-state index contributed by atoms with van der Waals surface area (Å²) < 4.78 is 21.4. The van der Waals surface area contributed by atoms with Gasteiger partial charge < -0.3 is 19.1 Å². The Kier molecular flexibility index (Phi) is 8.86. The molecule has 31 heavy (non-hydrogen) atoms. The summed E-state index contributed by atoms with van der Waals surface area (Å²) in [4.78, 5) is 14.6. The van der Waals surface area contributed by atoms with Crippen LogP contribution in [0.15, 0.2) is 24.3 Å². The van der Waals surface area contributed by atoms with Crippen molar-refractivity contribution in [2.75, 3.05) is 26.3 Å². The molecule has 1 atom stereocenters. The van der Waals surface area contributed by atoms with Crippen molar-refractivity contribution in [2.24, 2.45) is 0 Å². The highest BCUT2D eigenvalue weighted by molar-refractivity contribution is 14.1. The second-order valence-corrected chi connectivity index (χ2v) is 12.2. The maximum atomic E-state index is 12.6. The molecule has 0 saturated carbocycles. The summed E-state index contributed by atoms with van der Waals surface area (Å²) in [6.07, 6.45) is 4.13. The molecule has 2 heterocycles. The van der Waals surface area contributed by atoms with Gasteiger partial charge in [0, 0.05) is 13.1 Å². The van der Waals surface area contributed by atoms with Crippen molar-refractivity contribution in [3.8, 4) is 17.2 Å². The van der Waals surface area contributed by atoms with Crippen molar-refractivity contribution in [3.05, 3.63) is 44.1 Å². The minimum absolute atomic E-state index is 0.219. The molecule has 2 saturated heterocycles. The van der Waals surface area contributed by atoms with E-state index in [1.807, 2.05) is 17.0 Å². The van der Waals surface area contributed by atoms with Gasteiger partial charge in [-0.1, -0.05) is 0 Å². The van der Waals surface area contributed by atoms with Crippen LogP contribution in [0.5, 0.6) is 17.2 Å². The molecular formula is C22H21I4NO4. The molecule has 5 nitrogen and oxygen atoms in total. The van der Waals surface area contributed by atoms with E-state index in [9.17, 15) is 4.79 Å². The Labute approximate surface area is 236 Å². The molecule has 2 aliphatic heterocycles. The average molecular weight is 871 g/mol. The first kappa shape index (κ1) is 24.5. The van der Waals surface area contributed by atoms with Crippen LogP contribution in [0.2, 0.25) is 0 Å². The lowest BCUT2D eigenvalue weighted by Gasteiger charge is -2.26. The third kappa shape index (κ3) is 6.72. The van der Waals surface area contributed by atoms with E-state index < -0.39 is 0 Å². The molecule has 1 unspecified atom stereocenters. The first-order valence-electron chi connectivity index (χ1n) is 10.1. The lowest BCUT2D eigenvalue weighted by Crippen LogP contribution is -2.36. The van der Waals surface area contributed by atoms with Gasteiger partial charge in [0.05, 0.1) is 27.3 Å². The average Bonchev–Trinajstić information content (AvgIpc) is 3.55. The molecule has 1 amide bonds. The number of carbonyl (C=O) groups is 1. The largest absolute Gasteiger partial charge is 0.489 e. The van der Waals surface area contributed by atoms with Crippen LogP contribution in [0.1, 0.15) is 24.8 Å². The maximum absolute atomic E-state index is 12.6. The van der Waals surface area contributed by atoms with Gasteiger partial charge in [-0.05, 0) is 139 Å². The quantitative estimate of drug-likeness (QED) is 0.245. The van der Waals surface area contributed by atoms with E-state index in [0.29, 0.717) is 13.0 Å². The molecule has 0 N–H and O–H groups in total. The Morgan fingerprint density at radius 1 is 0.935 bits per heavy atom. The molecule has 0 spiro atoms. The third-order valence-corrected chi connectivity index (χ3v) is 8.34. The highest BCUT2D eigenvalue weighted by Crippen LogP contribution is 2.37. The summed E-state index contributed by atoms with van der Waals surface area (Å²) in [6.45, 7) is 3.14. The van der Waals surface area contributed by atoms with Gasteiger partial charge in [0.2, 0.25) is 5.91 Å². The van der Waals surface area contributed by atoms with Gasteiger partial charge in [0.25, 0.3) is 0 Å². The molecule has 0 aromatic heterocycles. The second kappa shape index (κ2) is 11.2. The van der Waals surface area contributed by atoms with Crippen LogP contribution in [0.3, 0.4) is 0 Å². The van der Waals surface area contributed by atoms with Gasteiger partial charge in [-0.25, -0.2) is 0 Å². The van der Waals surface area contributed by atoms with Gasteiger partial charge in [0.15, 0.2) is 5.75 Å². The fourth-order valence-electron chi connectivity index (χ4n) is 3.43. The summed E-state index contributed by atoms with van der Waals surface area (Å²) in [6, 6.07) is 8.10. The van der Waals surface area contributed by atoms with Gasteiger partial charge in [-0.3, -0.25) is 4.79 Å². The molecule has 0 bridgehead atoms. The Hall–Kier alpha value is 0.390. The zero-order valence-electron chi connectivity index (χ0n) is 16.6. The Morgan fingerprint density at radius 2 is 1.52 bits per heavy atom. The predicted octanol–water partition coefficient (Wildman–Crippen LogP) is 6.23. The van der Waals surface area contributed by atoms with E-state index in [0.717, 1.165) is 69.6 Å². The number of carbonyl (C=O) groups excluding carboxylic acids is 1. The van der Waals surface area contributed by atoms with Crippen molar-refractivity contribution in [3.63, 3.8) is 0 Å². The standard InChI is InChI=1S/C22H21I4NO4/c23-16-6-13(8-20(28)27-4-2-1-3-5-27)7-17(24)22(16)31-14-9-18(25)21(19(26)10-14)30-12-15-11-29-15/h6-7,9-10,15H,1-5,8,11-12H2. The number of amides is 1. The van der Waals surface area contributed by atoms with Crippen molar-refractivity contribution >= 4 is 96.3 Å². The first-order valence-corrected chi connectivity index (χ1v) is 14.4. The Morgan fingerprint density at radius 3 is 2.10 bits per heavy atom. The van der Waals surface area contributed by atoms with Crippen molar-refractivity contribution in [1.29, 1.82) is 0 Å². The molecule has 2 aliphatic rings. The molecule has 2 aromatic carbocycles. The van der Waals surface area contributed by atoms with Crippen LogP contribution in [0, 0.1) is 14.3 Å². The van der Waals surface area contributed by atoms with Crippen LogP contribution in [0.4, 0.5) is 0 Å². The molecule has 2 aromatic rings. The van der Waals surface area contributed by atoms with E-state index in [2.05, 4.69) is 102 Å². The van der Waals surface area contributed by atoms with Crippen LogP contribution in [-0.2, 0) is 16.0 Å². The number of hydrogen-bond donors (Lipinski definition) is 0. The number of halogens is 4. The number of likely N-dealkylation sites (tertiary alicyclic amines) is 1. The van der Waals surface area contributed by atoms with Crippen molar-refractivity contribution < 1.29 is 19.0 Å². The van der Waals surface area contributed by atoms with Gasteiger partial charge in [-0.2, -0.15) is 0 Å². The summed E-state index contributed by atoms with van der Waals surface area (Å²) in [5.74, 6) is 2.69. The molecule has 2 fully saturated rings. The lowest BCUT2D eigenvalue weighted by molar-refractivity contribution is -0.131. The van der Waals surface area contributed by atoms with Crippen LogP contribution in [-0.4, -0.2) is 43.2 Å². The van der Waals surface area contributed by atoms with Crippen molar-refractivity contribution in [1.82, 2.24) is 4.90 Å². The number of hydrogen-bond acceptors (Lipinski definition) is 4. The van der Waals surface area contributed by atoms with Gasteiger partial charge in [0.1, 0.15) is 24.2 Å². The highest BCUT2D eigenvalue weighted by atomic mass is 127. The first-order chi connectivity index (χ1) is 14.9. The van der Waals surface area contributed by atoms with Gasteiger partial charge >= 0.3 is 0 Å². The maximum Gasteiger partial charge on any atom is 0.226 e. The van der Waals surface area contributed by atoms with E-state index >= 15 is 0 Å². The number of benzene rings is 2. The number of nitrogens with zero attached hydrogens (tertiary/aromatic N) is 1. The molecule has 0 radical (unpaired) electrons. The minimum Gasteiger partial charge on any atom is -0.489 e. The number of rotatable bonds is 7. The molecular weight excluding hydrogens is 850 g/mol. The van der Waals surface area contributed by atoms with Crippen LogP contribution < -0.4 is 9.47 Å². The minimum atomic E-state index is 0.219. The summed E-state index contributed by atoms with van der Waals surface area (Å²) in [5, 5.41) is 0. The molecule has 0 aliphatic carbocycles. The highest BCUT2D eigenvalue weighted by Gasteiger charge is 2.24. The zero-order chi connectivity index (χ0) is 22.0. The Bertz CT molecular complexity index is 928. The fourth-order valence-corrected chi connectivity index (χ4v) is 7.57. The number of piperidine rings is 1. The smallest absolute Gasteiger partial charge is 0.226 e. The summed E-state index contributed by atoms with van der Waals surface area (Å²) in [5.41, 5.74) is 1.03. The second-order valence-electron chi connectivity index (χ2n) is 7.59. The molecule has 166 valence electrons. The van der Waals surface area contributed by atoms with Crippen LogP contribution >= 0.6 is 90.4 Å². The van der Waals surface area contributed by atoms with E-state index in [1.54, 1.807) is 0 Å². The number of ether oxygens (including phenoxy) is 3. The van der Waals surface area contributed by atoms with Crippen molar-refractivity contribution in [2.45, 2.75) is 31.8 Å². The normalized spacial score (nSPS) is 18.1. The zero-order valence-corrected chi connectivity index (χ0v) is 25.3. The predicted molar refractivity (Wildman–Crippen MR) is 153 cm³/mol. The monoisotopic (exact) mass is 871 g/mol. The Balaban J connectivity index is 1.46. The third-order valence-electron chi connectivity index (χ3n) is 5.13. The van der Waals surface area contributed by atoms with Crippen LogP contribution in [0.25, 0.3) is 0 Å². The SMILES string of the molecule is O=C(Cc1cc(I)c(Oc2cc(I)c(OCC3CO3)c(I)c2)c(I)c1)N1CCCCC1. The van der Waals surface area contributed by atoms with E-state index in [4.69, 9.17) is 14.2 Å². The molecule has 9 heteroatoms. The summed E-state index contributed by atoms with van der Waals surface area (Å²) in [7, 11) is 0. The topological polar surface area (TPSA) is 51.3 Å². The van der Waals surface area contributed by atoms with Gasteiger partial charge in [-0.15, -0.1) is 0 Å².